The highest BCUT2D eigenvalue weighted by molar-refractivity contribution is 5.53. The van der Waals surface area contributed by atoms with E-state index < -0.39 is 0 Å². The van der Waals surface area contributed by atoms with E-state index in [1.807, 2.05) is 56.3 Å². The number of hydrogen-bond acceptors (Lipinski definition) is 4. The average Bonchev–Trinajstić information content (AvgIpc) is 2.42. The van der Waals surface area contributed by atoms with Gasteiger partial charge in [0, 0.05) is 0 Å². The van der Waals surface area contributed by atoms with E-state index >= 15 is 0 Å². The predicted octanol–water partition coefficient (Wildman–Crippen LogP) is 3.31. The lowest BCUT2D eigenvalue weighted by atomic mass is 10.2. The number of hydrogen-bond donors (Lipinski definition) is 2. The van der Waals surface area contributed by atoms with Gasteiger partial charge in [0.2, 0.25) is 0 Å². The van der Waals surface area contributed by atoms with E-state index in [1.54, 1.807) is 0 Å². The van der Waals surface area contributed by atoms with Gasteiger partial charge in [0.25, 0.3) is 0 Å². The van der Waals surface area contributed by atoms with Crippen molar-refractivity contribution in [2.75, 3.05) is 24.4 Å². The Balaban J connectivity index is 1.73. The topological polar surface area (TPSA) is 56.5 Å². The number of nitrogens with two attached hydrogens (primary N) is 1. The second-order valence-corrected chi connectivity index (χ2v) is 4.71. The monoisotopic (exact) mass is 272 g/mol. The molecule has 0 bridgehead atoms. The molecule has 0 unspecified atom stereocenters. The molecule has 4 nitrogen and oxygen atoms in total. The van der Waals surface area contributed by atoms with Gasteiger partial charge in [-0.1, -0.05) is 18.2 Å². The van der Waals surface area contributed by atoms with Crippen molar-refractivity contribution >= 4 is 11.4 Å². The van der Waals surface area contributed by atoms with Crippen LogP contribution in [0.4, 0.5) is 11.4 Å². The van der Waals surface area contributed by atoms with Crippen LogP contribution in [-0.4, -0.2) is 13.2 Å². The molecule has 0 fully saturated rings. The Bertz CT molecular complexity index is 570. The molecule has 2 rings (SSSR count). The van der Waals surface area contributed by atoms with Gasteiger partial charge >= 0.3 is 0 Å². The molecule has 2 aromatic carbocycles. The Morgan fingerprint density at radius 3 is 2.60 bits per heavy atom. The molecule has 0 radical (unpaired) electrons. The maximum Gasteiger partial charge on any atom is 0.142 e. The molecule has 0 aliphatic carbocycles. The van der Waals surface area contributed by atoms with Crippen molar-refractivity contribution in [3.05, 3.63) is 53.6 Å². The van der Waals surface area contributed by atoms with Gasteiger partial charge in [0.1, 0.15) is 19.0 Å². The van der Waals surface area contributed by atoms with Crippen LogP contribution in [-0.2, 0) is 4.84 Å². The molecule has 0 spiro atoms. The first-order chi connectivity index (χ1) is 9.65. The Labute approximate surface area is 119 Å². The summed E-state index contributed by atoms with van der Waals surface area (Å²) < 4.78 is 5.59. The highest BCUT2D eigenvalue weighted by Crippen LogP contribution is 2.22. The standard InChI is InChI=1S/C16H20N2O2/c1-12-4-3-5-14(10-12)18-20-9-8-19-16-11-13(2)6-7-15(16)17/h3-7,10-11,18H,8-9,17H2,1-2H3. The van der Waals surface area contributed by atoms with Gasteiger partial charge in [0.15, 0.2) is 0 Å². The quantitative estimate of drug-likeness (QED) is 0.481. The molecule has 0 saturated heterocycles. The minimum atomic E-state index is 0.432. The molecule has 0 amide bonds. The zero-order valence-electron chi connectivity index (χ0n) is 11.8. The number of nitrogen functional groups attached to an aromatic ring is 1. The normalized spacial score (nSPS) is 10.3. The van der Waals surface area contributed by atoms with Crippen LogP contribution in [0.25, 0.3) is 0 Å². The van der Waals surface area contributed by atoms with Gasteiger partial charge < -0.3 is 10.5 Å². The second kappa shape index (κ2) is 6.82. The van der Waals surface area contributed by atoms with Crippen molar-refractivity contribution in [2.24, 2.45) is 0 Å². The lowest BCUT2D eigenvalue weighted by molar-refractivity contribution is 0.144. The molecule has 2 aromatic rings. The maximum atomic E-state index is 5.83. The molecule has 3 N–H and O–H groups in total. The summed E-state index contributed by atoms with van der Waals surface area (Å²) in [5, 5.41) is 0. The molecular weight excluding hydrogens is 252 g/mol. The van der Waals surface area contributed by atoms with Crippen molar-refractivity contribution < 1.29 is 9.57 Å². The molecule has 106 valence electrons. The van der Waals surface area contributed by atoms with Gasteiger partial charge in [0.05, 0.1) is 11.4 Å². The Morgan fingerprint density at radius 1 is 1.00 bits per heavy atom. The van der Waals surface area contributed by atoms with Crippen molar-refractivity contribution in [2.45, 2.75) is 13.8 Å². The summed E-state index contributed by atoms with van der Waals surface area (Å²) in [6, 6.07) is 13.7. The van der Waals surface area contributed by atoms with Gasteiger partial charge in [-0.3, -0.25) is 10.3 Å². The number of benzene rings is 2. The highest BCUT2D eigenvalue weighted by atomic mass is 16.7. The fourth-order valence-electron chi connectivity index (χ4n) is 1.80. The number of nitrogens with one attached hydrogen (secondary N) is 1. The van der Waals surface area contributed by atoms with E-state index in [9.17, 15) is 0 Å². The Hall–Kier alpha value is -2.20. The fraction of sp³-hybridized carbons (Fsp3) is 0.250. The third-order valence-corrected chi connectivity index (χ3v) is 2.82. The zero-order chi connectivity index (χ0) is 14.4. The lowest BCUT2D eigenvalue weighted by Crippen LogP contribution is -2.11. The van der Waals surface area contributed by atoms with Crippen molar-refractivity contribution in [1.29, 1.82) is 0 Å². The third kappa shape index (κ3) is 4.17. The van der Waals surface area contributed by atoms with E-state index in [2.05, 4.69) is 5.48 Å². The second-order valence-electron chi connectivity index (χ2n) is 4.71. The maximum absolute atomic E-state index is 5.83. The third-order valence-electron chi connectivity index (χ3n) is 2.82. The SMILES string of the molecule is Cc1cccc(NOCCOc2cc(C)ccc2N)c1. The molecular formula is C16H20N2O2. The van der Waals surface area contributed by atoms with Crippen LogP contribution in [0.3, 0.4) is 0 Å². The van der Waals surface area contributed by atoms with E-state index in [0.717, 1.165) is 11.3 Å². The minimum Gasteiger partial charge on any atom is -0.489 e. The summed E-state index contributed by atoms with van der Waals surface area (Å²) in [5.74, 6) is 0.698. The molecule has 0 aliphatic rings. The first-order valence-electron chi connectivity index (χ1n) is 6.58. The van der Waals surface area contributed by atoms with Crippen LogP contribution in [0.1, 0.15) is 11.1 Å². The number of ether oxygens (including phenoxy) is 1. The van der Waals surface area contributed by atoms with Gasteiger partial charge in [-0.15, -0.1) is 0 Å². The molecule has 0 aliphatic heterocycles. The first-order valence-corrected chi connectivity index (χ1v) is 6.58. The highest BCUT2D eigenvalue weighted by Gasteiger charge is 2.00. The van der Waals surface area contributed by atoms with Crippen LogP contribution in [0.5, 0.6) is 5.75 Å². The van der Waals surface area contributed by atoms with E-state index in [4.69, 9.17) is 15.3 Å². The summed E-state index contributed by atoms with van der Waals surface area (Å²) in [6.07, 6.45) is 0. The van der Waals surface area contributed by atoms with Gasteiger partial charge in [-0.2, -0.15) is 0 Å². The van der Waals surface area contributed by atoms with Crippen LogP contribution in [0.15, 0.2) is 42.5 Å². The summed E-state index contributed by atoms with van der Waals surface area (Å²) in [4.78, 5) is 5.35. The fourth-order valence-corrected chi connectivity index (χ4v) is 1.80. The Kier molecular flexibility index (Phi) is 4.85. The van der Waals surface area contributed by atoms with Crippen LogP contribution in [0, 0.1) is 13.8 Å². The minimum absolute atomic E-state index is 0.432. The smallest absolute Gasteiger partial charge is 0.142 e. The molecule has 0 saturated carbocycles. The largest absolute Gasteiger partial charge is 0.489 e. The van der Waals surface area contributed by atoms with Crippen molar-refractivity contribution in [1.82, 2.24) is 0 Å². The number of anilines is 2. The number of rotatable bonds is 6. The van der Waals surface area contributed by atoms with Gasteiger partial charge in [-0.25, -0.2) is 0 Å². The summed E-state index contributed by atoms with van der Waals surface area (Å²) >= 11 is 0. The summed E-state index contributed by atoms with van der Waals surface area (Å²) in [7, 11) is 0. The summed E-state index contributed by atoms with van der Waals surface area (Å²) in [6.45, 7) is 4.91. The predicted molar refractivity (Wildman–Crippen MR) is 81.8 cm³/mol. The van der Waals surface area contributed by atoms with Crippen LogP contribution in [0.2, 0.25) is 0 Å². The summed E-state index contributed by atoms with van der Waals surface area (Å²) in [5.41, 5.74) is 12.6. The van der Waals surface area contributed by atoms with E-state index in [-0.39, 0.29) is 0 Å². The molecule has 0 aromatic heterocycles. The van der Waals surface area contributed by atoms with E-state index in [0.29, 0.717) is 24.7 Å². The molecule has 20 heavy (non-hydrogen) atoms. The van der Waals surface area contributed by atoms with Crippen LogP contribution >= 0.6 is 0 Å². The number of aryl methyl sites for hydroxylation is 2. The van der Waals surface area contributed by atoms with Crippen molar-refractivity contribution in [3.63, 3.8) is 0 Å². The molecule has 0 heterocycles. The molecule has 0 atom stereocenters. The molecule has 4 heteroatoms. The first kappa shape index (κ1) is 14.2. The Morgan fingerprint density at radius 2 is 1.80 bits per heavy atom. The van der Waals surface area contributed by atoms with E-state index in [1.165, 1.54) is 5.56 Å². The average molecular weight is 272 g/mol. The van der Waals surface area contributed by atoms with Gasteiger partial charge in [-0.05, 0) is 49.2 Å². The zero-order valence-corrected chi connectivity index (χ0v) is 11.8. The lowest BCUT2D eigenvalue weighted by Gasteiger charge is -2.11. The van der Waals surface area contributed by atoms with Crippen LogP contribution < -0.4 is 16.0 Å². The van der Waals surface area contributed by atoms with Crippen molar-refractivity contribution in [3.8, 4) is 5.75 Å².